The minimum absolute atomic E-state index is 0.140. The molecule has 172 valence electrons. The van der Waals surface area contributed by atoms with E-state index in [4.69, 9.17) is 4.74 Å². The van der Waals surface area contributed by atoms with Gasteiger partial charge in [-0.25, -0.2) is 4.39 Å². The molecule has 8 heteroatoms. The van der Waals surface area contributed by atoms with Gasteiger partial charge in [-0.2, -0.15) is 0 Å². The Balaban J connectivity index is 1.28. The van der Waals surface area contributed by atoms with Crippen LogP contribution in [-0.2, 0) is 4.79 Å². The molecule has 34 heavy (non-hydrogen) atoms. The molecule has 1 amide bonds. The van der Waals surface area contributed by atoms with Crippen LogP contribution in [0, 0.1) is 12.7 Å². The number of anilines is 1. The van der Waals surface area contributed by atoms with Gasteiger partial charge in [0.25, 0.3) is 0 Å². The molecule has 0 saturated heterocycles. The van der Waals surface area contributed by atoms with Gasteiger partial charge in [0, 0.05) is 6.04 Å². The lowest BCUT2D eigenvalue weighted by atomic mass is 10.2. The molecule has 5 rings (SSSR count). The molecular weight excluding hydrogens is 451 g/mol. The summed E-state index contributed by atoms with van der Waals surface area (Å²) in [6, 6.07) is 21.8. The molecule has 3 aromatic carbocycles. The summed E-state index contributed by atoms with van der Waals surface area (Å²) < 4.78 is 22.3. The Labute approximate surface area is 201 Å². The highest BCUT2D eigenvalue weighted by Gasteiger charge is 2.31. The Hall–Kier alpha value is -3.65. The minimum Gasteiger partial charge on any atom is -0.455 e. The molecule has 1 aliphatic carbocycles. The van der Waals surface area contributed by atoms with Crippen molar-refractivity contribution >= 4 is 23.4 Å². The summed E-state index contributed by atoms with van der Waals surface area (Å²) in [5.74, 6) is 1.37. The van der Waals surface area contributed by atoms with Crippen molar-refractivity contribution in [3.63, 3.8) is 0 Å². The normalized spacial score (nSPS) is 13.0. The molecule has 0 bridgehead atoms. The highest BCUT2D eigenvalue weighted by molar-refractivity contribution is 7.99. The maximum atomic E-state index is 14.4. The lowest BCUT2D eigenvalue weighted by molar-refractivity contribution is -0.113. The van der Waals surface area contributed by atoms with Crippen molar-refractivity contribution in [2.75, 3.05) is 11.1 Å². The van der Waals surface area contributed by atoms with E-state index in [0.29, 0.717) is 33.7 Å². The first-order valence-electron chi connectivity index (χ1n) is 11.0. The van der Waals surface area contributed by atoms with Crippen LogP contribution in [-0.4, -0.2) is 26.4 Å². The monoisotopic (exact) mass is 474 g/mol. The number of para-hydroxylation sites is 2. The second-order valence-corrected chi connectivity index (χ2v) is 9.08. The predicted molar refractivity (Wildman–Crippen MR) is 131 cm³/mol. The third-order valence-corrected chi connectivity index (χ3v) is 6.38. The number of carbonyl (C=O) groups excluding carboxylic acids is 1. The summed E-state index contributed by atoms with van der Waals surface area (Å²) in [7, 11) is 0. The number of nitrogens with one attached hydrogen (secondary N) is 1. The molecule has 1 saturated carbocycles. The molecule has 1 N–H and O–H groups in total. The lowest BCUT2D eigenvalue weighted by Crippen LogP contribution is -2.15. The van der Waals surface area contributed by atoms with Crippen LogP contribution in [0.4, 0.5) is 10.1 Å². The number of halogens is 1. The standard InChI is InChI=1S/C26H23FN4O2S/c1-17-10-14-19(15-11-17)33-23-9-5-4-8-22(23)28-24(32)16-34-26-30-29-25(31(26)18-12-13-18)20-6-2-3-7-21(20)27/h2-11,14-15,18H,12-13,16H2,1H3,(H,28,32). The summed E-state index contributed by atoms with van der Waals surface area (Å²) >= 11 is 1.29. The van der Waals surface area contributed by atoms with Gasteiger partial charge in [0.05, 0.1) is 17.0 Å². The van der Waals surface area contributed by atoms with Crippen molar-refractivity contribution in [2.45, 2.75) is 31.0 Å². The molecule has 0 radical (unpaired) electrons. The number of thioether (sulfide) groups is 1. The molecule has 4 aromatic rings. The van der Waals surface area contributed by atoms with Crippen molar-refractivity contribution in [3.8, 4) is 22.9 Å². The zero-order valence-corrected chi connectivity index (χ0v) is 19.4. The highest BCUT2D eigenvalue weighted by atomic mass is 32.2. The van der Waals surface area contributed by atoms with Crippen LogP contribution < -0.4 is 10.1 Å². The third-order valence-electron chi connectivity index (χ3n) is 5.43. The van der Waals surface area contributed by atoms with E-state index in [1.807, 2.05) is 54.0 Å². The summed E-state index contributed by atoms with van der Waals surface area (Å²) in [6.45, 7) is 2.01. The van der Waals surface area contributed by atoms with E-state index in [9.17, 15) is 9.18 Å². The Bertz CT molecular complexity index is 1320. The van der Waals surface area contributed by atoms with Crippen molar-refractivity contribution in [3.05, 3.63) is 84.2 Å². The zero-order chi connectivity index (χ0) is 23.5. The van der Waals surface area contributed by atoms with Gasteiger partial charge in [0.2, 0.25) is 5.91 Å². The molecule has 0 unspecified atom stereocenters. The molecule has 0 spiro atoms. The topological polar surface area (TPSA) is 69.0 Å². The van der Waals surface area contributed by atoms with Crippen LogP contribution in [0.25, 0.3) is 11.4 Å². The molecule has 1 aromatic heterocycles. The SMILES string of the molecule is Cc1ccc(Oc2ccccc2NC(=O)CSc2nnc(-c3ccccc3F)n2C2CC2)cc1. The first kappa shape index (κ1) is 22.2. The first-order chi connectivity index (χ1) is 16.6. The van der Waals surface area contributed by atoms with E-state index >= 15 is 0 Å². The maximum Gasteiger partial charge on any atom is 0.234 e. The van der Waals surface area contributed by atoms with Gasteiger partial charge in [-0.05, 0) is 56.2 Å². The average molecular weight is 475 g/mol. The number of aryl methyl sites for hydroxylation is 1. The number of nitrogens with zero attached hydrogens (tertiary/aromatic N) is 3. The van der Waals surface area contributed by atoms with Crippen molar-refractivity contribution in [2.24, 2.45) is 0 Å². The van der Waals surface area contributed by atoms with E-state index in [2.05, 4.69) is 15.5 Å². The van der Waals surface area contributed by atoms with E-state index in [-0.39, 0.29) is 23.5 Å². The first-order valence-corrected chi connectivity index (χ1v) is 12.0. The number of ether oxygens (including phenoxy) is 1. The molecule has 6 nitrogen and oxygen atoms in total. The molecule has 0 aliphatic heterocycles. The van der Waals surface area contributed by atoms with E-state index in [0.717, 1.165) is 18.4 Å². The number of hydrogen-bond acceptors (Lipinski definition) is 5. The maximum absolute atomic E-state index is 14.4. The van der Waals surface area contributed by atoms with Crippen LogP contribution in [0.1, 0.15) is 24.4 Å². The molecular formula is C26H23FN4O2S. The lowest BCUT2D eigenvalue weighted by Gasteiger charge is -2.13. The number of rotatable bonds is 8. The summed E-state index contributed by atoms with van der Waals surface area (Å²) in [4.78, 5) is 12.8. The van der Waals surface area contributed by atoms with Gasteiger partial charge in [0.15, 0.2) is 16.7 Å². The summed E-state index contributed by atoms with van der Waals surface area (Å²) in [5.41, 5.74) is 2.15. The molecule has 1 fully saturated rings. The van der Waals surface area contributed by atoms with Crippen molar-refractivity contribution < 1.29 is 13.9 Å². The molecule has 1 aliphatic rings. The van der Waals surface area contributed by atoms with Crippen LogP contribution in [0.5, 0.6) is 11.5 Å². The van der Waals surface area contributed by atoms with Crippen molar-refractivity contribution in [1.29, 1.82) is 0 Å². The van der Waals surface area contributed by atoms with Gasteiger partial charge >= 0.3 is 0 Å². The van der Waals surface area contributed by atoms with Gasteiger partial charge in [-0.15, -0.1) is 10.2 Å². The van der Waals surface area contributed by atoms with Crippen LogP contribution in [0.15, 0.2) is 78.0 Å². The predicted octanol–water partition coefficient (Wildman–Crippen LogP) is 6.25. The Morgan fingerprint density at radius 3 is 2.56 bits per heavy atom. The molecule has 1 heterocycles. The minimum atomic E-state index is -0.337. The number of carbonyl (C=O) groups is 1. The number of aromatic nitrogens is 3. The summed E-state index contributed by atoms with van der Waals surface area (Å²) in [5, 5.41) is 12.0. The Kier molecular flexibility index (Phi) is 6.31. The number of amides is 1. The molecule has 0 atom stereocenters. The van der Waals surface area contributed by atoms with Crippen LogP contribution >= 0.6 is 11.8 Å². The van der Waals surface area contributed by atoms with Gasteiger partial charge < -0.3 is 10.1 Å². The number of benzene rings is 3. The quantitative estimate of drug-likeness (QED) is 0.306. The smallest absolute Gasteiger partial charge is 0.234 e. The Morgan fingerprint density at radius 2 is 1.79 bits per heavy atom. The van der Waals surface area contributed by atoms with Crippen LogP contribution in [0.3, 0.4) is 0 Å². The Morgan fingerprint density at radius 1 is 1.06 bits per heavy atom. The third kappa shape index (κ3) is 4.97. The fraction of sp³-hybridized carbons (Fsp3) is 0.192. The highest BCUT2D eigenvalue weighted by Crippen LogP contribution is 2.41. The van der Waals surface area contributed by atoms with E-state index in [1.54, 1.807) is 24.3 Å². The van der Waals surface area contributed by atoms with Crippen molar-refractivity contribution in [1.82, 2.24) is 14.8 Å². The van der Waals surface area contributed by atoms with Gasteiger partial charge in [-0.1, -0.05) is 53.7 Å². The fourth-order valence-corrected chi connectivity index (χ4v) is 4.38. The van der Waals surface area contributed by atoms with Gasteiger partial charge in [-0.3, -0.25) is 9.36 Å². The van der Waals surface area contributed by atoms with E-state index < -0.39 is 0 Å². The zero-order valence-electron chi connectivity index (χ0n) is 18.6. The largest absolute Gasteiger partial charge is 0.455 e. The second-order valence-electron chi connectivity index (χ2n) is 8.14. The number of hydrogen-bond donors (Lipinski definition) is 1. The van der Waals surface area contributed by atoms with Crippen LogP contribution in [0.2, 0.25) is 0 Å². The summed E-state index contributed by atoms with van der Waals surface area (Å²) in [6.07, 6.45) is 1.98. The van der Waals surface area contributed by atoms with Gasteiger partial charge in [0.1, 0.15) is 11.6 Å². The fourth-order valence-electron chi connectivity index (χ4n) is 3.57. The average Bonchev–Trinajstić information content (AvgIpc) is 3.60. The van der Waals surface area contributed by atoms with E-state index in [1.165, 1.54) is 17.8 Å². The second kappa shape index (κ2) is 9.69.